The summed E-state index contributed by atoms with van der Waals surface area (Å²) in [6.07, 6.45) is -8.73. The summed E-state index contributed by atoms with van der Waals surface area (Å²) in [5.74, 6) is -0.659. The van der Waals surface area contributed by atoms with Crippen molar-refractivity contribution in [2.75, 3.05) is 13.0 Å². The second kappa shape index (κ2) is 11.0. The summed E-state index contributed by atoms with van der Waals surface area (Å²) in [5.41, 5.74) is -2.43. The zero-order chi connectivity index (χ0) is 34.7. The van der Waals surface area contributed by atoms with Gasteiger partial charge in [-0.05, 0) is 62.9 Å². The van der Waals surface area contributed by atoms with E-state index in [1.54, 1.807) is 0 Å². The van der Waals surface area contributed by atoms with Gasteiger partial charge in [-0.25, -0.2) is 13.2 Å². The lowest BCUT2D eigenvalue weighted by atomic mass is 9.94. The van der Waals surface area contributed by atoms with Crippen LogP contribution in [0.15, 0.2) is 70.1 Å². The van der Waals surface area contributed by atoms with Crippen LogP contribution in [-0.4, -0.2) is 64.6 Å². The molecule has 0 unspecified atom stereocenters. The lowest BCUT2D eigenvalue weighted by Crippen LogP contribution is -2.58. The van der Waals surface area contributed by atoms with Crippen molar-refractivity contribution in [3.8, 4) is 0 Å². The molecule has 1 aromatic heterocycles. The third kappa shape index (κ3) is 6.46. The maximum atomic E-state index is 14.1. The molecule has 8 nitrogen and oxygen atoms in total. The van der Waals surface area contributed by atoms with E-state index in [1.807, 2.05) is 0 Å². The molecule has 0 spiro atoms. The maximum Gasteiger partial charge on any atom is 0.408 e. The molecule has 3 rings (SSSR count). The second-order valence-corrected chi connectivity index (χ2v) is 11.3. The Hall–Kier alpha value is -2.88. The Bertz CT molecular complexity index is 1710. The fraction of sp³-hybridized carbons (Fsp3) is 0.444. The van der Waals surface area contributed by atoms with Crippen LogP contribution in [0.25, 0.3) is 11.0 Å². The quantitative estimate of drug-likeness (QED) is 0.392. The predicted molar refractivity (Wildman–Crippen MR) is 139 cm³/mol. The monoisotopic (exact) mass is 525 g/mol. The molecule has 2 atom stereocenters. The Labute approximate surface area is 225 Å². The number of aliphatic hydroxyl groups is 1. The molecule has 0 saturated heterocycles. The Balaban J connectivity index is 2.44. The highest BCUT2D eigenvalue weighted by Crippen LogP contribution is 2.27. The van der Waals surface area contributed by atoms with Crippen LogP contribution in [0.2, 0.25) is 0 Å². The zero-order valence-corrected chi connectivity index (χ0v) is 21.5. The van der Waals surface area contributed by atoms with Crippen molar-refractivity contribution < 1.29 is 40.2 Å². The van der Waals surface area contributed by atoms with Gasteiger partial charge in [-0.3, -0.25) is 4.90 Å². The van der Waals surface area contributed by atoms with Gasteiger partial charge in [0.1, 0.15) is 5.58 Å². The second-order valence-electron chi connectivity index (χ2n) is 9.41. The van der Waals surface area contributed by atoms with Crippen LogP contribution in [0.5, 0.6) is 0 Å². The largest absolute Gasteiger partial charge is 0.465 e. The molecular formula is C27H36N2O6S. The van der Waals surface area contributed by atoms with Crippen molar-refractivity contribution in [1.82, 2.24) is 9.21 Å². The topological polar surface area (TPSA) is 111 Å². The van der Waals surface area contributed by atoms with Gasteiger partial charge in [0, 0.05) is 29.4 Å². The van der Waals surface area contributed by atoms with Gasteiger partial charge in [0.05, 0.1) is 30.1 Å². The van der Waals surface area contributed by atoms with Crippen molar-refractivity contribution >= 4 is 27.1 Å². The van der Waals surface area contributed by atoms with Crippen LogP contribution in [0.1, 0.15) is 52.5 Å². The average Bonchev–Trinajstić information content (AvgIpc) is 3.36. The molecule has 0 aliphatic heterocycles. The lowest BCUT2D eigenvalue weighted by molar-refractivity contribution is 0.000541. The number of carbonyl (C=O) groups is 1. The minimum Gasteiger partial charge on any atom is -0.465 e. The number of carboxylic acid groups (broad SMARTS) is 1. The van der Waals surface area contributed by atoms with E-state index in [9.17, 15) is 24.8 Å². The first-order chi connectivity index (χ1) is 20.3. The first-order valence-corrected chi connectivity index (χ1v) is 12.5. The Morgan fingerprint density at radius 3 is 2.58 bits per heavy atom. The maximum absolute atomic E-state index is 14.1. The Morgan fingerprint density at radius 1 is 1.22 bits per heavy atom. The zero-order valence-electron chi connectivity index (χ0n) is 29.7. The number of hydrogen-bond donors (Lipinski definition) is 2. The van der Waals surface area contributed by atoms with Gasteiger partial charge < -0.3 is 14.6 Å². The summed E-state index contributed by atoms with van der Waals surface area (Å²) < 4.78 is 112. The molecule has 1 amide bonds. The van der Waals surface area contributed by atoms with Crippen LogP contribution in [0.3, 0.4) is 0 Å². The SMILES string of the molecule is [2H]c1ccc(C([2H])([2H])[C@]([2H])(N(C(=O)O)C(C)(C)C)[C@]([2H])(O)C([2H])([2H])N(CC(C)C)S(=O)(=O)c2ccc3occc3c2)c([2H])c1[2H]. The van der Waals surface area contributed by atoms with E-state index in [2.05, 4.69) is 0 Å². The van der Waals surface area contributed by atoms with Crippen LogP contribution < -0.4 is 0 Å². The van der Waals surface area contributed by atoms with Gasteiger partial charge in [-0.15, -0.1) is 0 Å². The molecule has 0 fully saturated rings. The fourth-order valence-corrected chi connectivity index (χ4v) is 4.86. The highest BCUT2D eigenvalue weighted by molar-refractivity contribution is 7.89. The van der Waals surface area contributed by atoms with Crippen molar-refractivity contribution in [3.05, 3.63) is 66.4 Å². The number of benzene rings is 2. The molecule has 0 bridgehead atoms. The number of furan rings is 1. The van der Waals surface area contributed by atoms with Gasteiger partial charge in [-0.1, -0.05) is 44.1 Å². The Kier molecular flexibility index (Phi) is 5.38. The van der Waals surface area contributed by atoms with Crippen LogP contribution in [-0.2, 0) is 16.4 Å². The number of fused-ring (bicyclic) bond motifs is 1. The van der Waals surface area contributed by atoms with Gasteiger partial charge >= 0.3 is 6.09 Å². The number of sulfonamides is 1. The molecule has 2 N–H and O–H groups in total. The first kappa shape index (κ1) is 17.6. The molecular weight excluding hydrogens is 480 g/mol. The van der Waals surface area contributed by atoms with E-state index >= 15 is 0 Å². The minimum atomic E-state index is -5.01. The van der Waals surface area contributed by atoms with E-state index in [4.69, 9.17) is 15.4 Å². The molecule has 9 heteroatoms. The third-order valence-electron chi connectivity index (χ3n) is 4.94. The van der Waals surface area contributed by atoms with Crippen LogP contribution in [0, 0.1) is 5.92 Å². The molecule has 0 aliphatic rings. The number of nitrogens with zero attached hydrogens (tertiary/aromatic N) is 2. The van der Waals surface area contributed by atoms with E-state index in [1.165, 1.54) is 53.0 Å². The van der Waals surface area contributed by atoms with E-state index < -0.39 is 87.7 Å². The van der Waals surface area contributed by atoms with Crippen molar-refractivity contribution in [2.24, 2.45) is 5.92 Å². The van der Waals surface area contributed by atoms with Gasteiger partial charge in [0.15, 0.2) is 0 Å². The van der Waals surface area contributed by atoms with Crippen LogP contribution in [0.4, 0.5) is 4.79 Å². The summed E-state index contributed by atoms with van der Waals surface area (Å²) in [4.78, 5) is 12.3. The van der Waals surface area contributed by atoms with Gasteiger partial charge in [-0.2, -0.15) is 4.31 Å². The molecule has 0 aliphatic carbocycles. The number of rotatable bonds is 10. The summed E-state index contributed by atoms with van der Waals surface area (Å²) in [7, 11) is -5.01. The molecule has 36 heavy (non-hydrogen) atoms. The van der Waals surface area contributed by atoms with Crippen LogP contribution >= 0.6 is 0 Å². The average molecular weight is 526 g/mol. The highest BCUT2D eigenvalue weighted by Gasteiger charge is 2.39. The summed E-state index contributed by atoms with van der Waals surface area (Å²) in [5, 5.41) is 22.6. The summed E-state index contributed by atoms with van der Waals surface area (Å²) in [6, 6.07) is 0.460. The smallest absolute Gasteiger partial charge is 0.408 e. The van der Waals surface area contributed by atoms with E-state index in [0.717, 1.165) is 24.3 Å². The first-order valence-electron chi connectivity index (χ1n) is 15.6. The molecule has 196 valence electrons. The molecule has 1 heterocycles. The Morgan fingerprint density at radius 2 is 1.94 bits per heavy atom. The van der Waals surface area contributed by atoms with E-state index in [0.29, 0.717) is 11.0 Å². The normalized spacial score (nSPS) is 20.5. The molecule has 0 radical (unpaired) electrons. The van der Waals surface area contributed by atoms with Crippen molar-refractivity contribution in [2.45, 2.75) is 63.5 Å². The van der Waals surface area contributed by atoms with E-state index in [-0.39, 0.29) is 9.21 Å². The molecule has 3 aromatic rings. The van der Waals surface area contributed by atoms with Gasteiger partial charge in [0.2, 0.25) is 10.0 Å². The number of amides is 1. The molecule has 0 saturated carbocycles. The van der Waals surface area contributed by atoms with Gasteiger partial charge in [0.25, 0.3) is 0 Å². The van der Waals surface area contributed by atoms with Crippen molar-refractivity contribution in [1.29, 1.82) is 0 Å². The summed E-state index contributed by atoms with van der Waals surface area (Å²) >= 11 is 0. The lowest BCUT2D eigenvalue weighted by Gasteiger charge is -2.42. The number of hydrogen-bond acceptors (Lipinski definition) is 5. The van der Waals surface area contributed by atoms with Crippen molar-refractivity contribution in [3.63, 3.8) is 0 Å². The predicted octanol–water partition coefficient (Wildman–Crippen LogP) is 4.83. The minimum absolute atomic E-state index is 0.000197. The fourth-order valence-electron chi connectivity index (χ4n) is 3.39. The highest BCUT2D eigenvalue weighted by atomic mass is 32.2. The standard InChI is InChI=1S/C27H36N2O6S/c1-19(2)17-28(36(33,34)22-11-12-25-21(16-22)13-14-35-25)18-24(30)23(15-20-9-7-6-8-10-20)29(26(31)32)27(3,4)5/h6-14,16,19,23-24,30H,15,17-18H2,1-5H3,(H,31,32)/t23-,24+/m0/s1/i6D,7D,9D,15D2,18D2,23D,24D. The summed E-state index contributed by atoms with van der Waals surface area (Å²) in [6.45, 7) is 1.97. The third-order valence-corrected chi connectivity index (χ3v) is 6.61. The molecule has 2 aromatic carbocycles.